The summed E-state index contributed by atoms with van der Waals surface area (Å²) >= 11 is 0. The van der Waals surface area contributed by atoms with Gasteiger partial charge in [-0.25, -0.2) is 0 Å². The number of nitrogens with one attached hydrogen (secondary N) is 1. The highest BCUT2D eigenvalue weighted by molar-refractivity contribution is 6.04. The van der Waals surface area contributed by atoms with Crippen LogP contribution in [0, 0.1) is 5.41 Å². The molecule has 33 heavy (non-hydrogen) atoms. The third-order valence-corrected chi connectivity index (χ3v) is 7.34. The van der Waals surface area contributed by atoms with Gasteiger partial charge in [-0.1, -0.05) is 61.0 Å². The van der Waals surface area contributed by atoms with Crippen LogP contribution in [0.15, 0.2) is 60.2 Å². The number of carbonyl (C=O) groups is 3. The fraction of sp³-hybridized carbons (Fsp3) is 0.370. The fourth-order valence-electron chi connectivity index (χ4n) is 5.21. The van der Waals surface area contributed by atoms with Crippen molar-refractivity contribution in [1.82, 2.24) is 10.2 Å². The summed E-state index contributed by atoms with van der Waals surface area (Å²) in [4.78, 5) is 41.4. The summed E-state index contributed by atoms with van der Waals surface area (Å²) in [6.45, 7) is 2.53. The third kappa shape index (κ3) is 3.89. The van der Waals surface area contributed by atoms with E-state index in [1.807, 2.05) is 43.3 Å². The minimum Gasteiger partial charge on any atom is -0.391 e. The molecule has 1 unspecified atom stereocenters. The van der Waals surface area contributed by atoms with E-state index < -0.39 is 17.6 Å². The number of fused-ring (bicyclic) bond motifs is 2. The lowest BCUT2D eigenvalue weighted by Gasteiger charge is -2.32. The van der Waals surface area contributed by atoms with Gasteiger partial charge >= 0.3 is 0 Å². The average molecular weight is 445 g/mol. The number of nitrogens with zero attached hydrogens (tertiary/aromatic N) is 1. The van der Waals surface area contributed by atoms with Crippen LogP contribution in [-0.4, -0.2) is 52.8 Å². The molecule has 1 aliphatic carbocycles. The topological polar surface area (TPSA) is 86.7 Å². The van der Waals surface area contributed by atoms with Crippen LogP contribution in [0.5, 0.6) is 0 Å². The molecule has 2 N–H and O–H groups in total. The first-order valence-electron chi connectivity index (χ1n) is 11.5. The fourth-order valence-corrected chi connectivity index (χ4v) is 5.21. The van der Waals surface area contributed by atoms with Crippen molar-refractivity contribution in [3.05, 3.63) is 71.3 Å². The van der Waals surface area contributed by atoms with E-state index in [1.54, 1.807) is 12.1 Å². The van der Waals surface area contributed by atoms with Crippen molar-refractivity contribution in [2.75, 3.05) is 13.1 Å². The highest BCUT2D eigenvalue weighted by atomic mass is 16.3. The predicted molar refractivity (Wildman–Crippen MR) is 125 cm³/mol. The molecule has 4 heterocycles. The van der Waals surface area contributed by atoms with Crippen LogP contribution in [-0.2, 0) is 4.79 Å². The summed E-state index contributed by atoms with van der Waals surface area (Å²) in [5.41, 5.74) is 3.34. The molecule has 0 radical (unpaired) electrons. The van der Waals surface area contributed by atoms with Crippen LogP contribution in [0.2, 0.25) is 0 Å². The lowest BCUT2D eigenvalue weighted by molar-refractivity contribution is -0.124. The molecule has 2 amide bonds. The van der Waals surface area contributed by atoms with E-state index in [9.17, 15) is 19.5 Å². The SMILES string of the molecule is CC12CC=C(CC1)CNC(=O)[C@@H]1C[C@@H](O)CN1C(=O)c1ccccc1-c1ccc(cc1)C2=O. The Kier molecular flexibility index (Phi) is 5.41. The number of benzene rings is 2. The zero-order valence-electron chi connectivity index (χ0n) is 18.7. The number of hydrogen-bond acceptors (Lipinski definition) is 4. The van der Waals surface area contributed by atoms with Crippen molar-refractivity contribution in [2.45, 2.75) is 44.8 Å². The van der Waals surface area contributed by atoms with Crippen LogP contribution in [0.1, 0.15) is 53.3 Å². The van der Waals surface area contributed by atoms with Crippen LogP contribution in [0.3, 0.4) is 0 Å². The molecular formula is C27H28N2O4. The Balaban J connectivity index is 1.60. The molecular weight excluding hydrogens is 416 g/mol. The van der Waals surface area contributed by atoms with Gasteiger partial charge in [0.1, 0.15) is 6.04 Å². The van der Waals surface area contributed by atoms with Crippen LogP contribution < -0.4 is 5.32 Å². The predicted octanol–water partition coefficient (Wildman–Crippen LogP) is 3.36. The van der Waals surface area contributed by atoms with Gasteiger partial charge in [-0.2, -0.15) is 0 Å². The van der Waals surface area contributed by atoms with Crippen LogP contribution in [0.4, 0.5) is 0 Å². The molecule has 4 bridgehead atoms. The van der Waals surface area contributed by atoms with E-state index in [0.29, 0.717) is 24.1 Å². The van der Waals surface area contributed by atoms with Crippen molar-refractivity contribution in [2.24, 2.45) is 5.41 Å². The number of ketones is 1. The van der Waals surface area contributed by atoms with E-state index >= 15 is 0 Å². The molecule has 7 rings (SSSR count). The normalized spacial score (nSPS) is 27.6. The van der Waals surface area contributed by atoms with Gasteiger partial charge in [0.25, 0.3) is 5.91 Å². The second-order valence-corrected chi connectivity index (χ2v) is 9.66. The van der Waals surface area contributed by atoms with Crippen molar-refractivity contribution >= 4 is 17.6 Å². The standard InChI is InChI=1S/C27H28N2O4/c1-27-12-10-17(11-13-27)15-28-25(32)23-14-20(30)16-29(23)26(33)22-5-3-2-4-21(22)18-6-8-19(9-7-18)24(27)31/h2-10,20,23,30H,11-16H2,1H3,(H,28,32)/t20-,23+,27?/m1/s1. The van der Waals surface area contributed by atoms with E-state index in [-0.39, 0.29) is 30.6 Å². The Bertz CT molecular complexity index is 1150. The number of carbonyl (C=O) groups excluding carboxylic acids is 3. The van der Waals surface area contributed by atoms with Gasteiger partial charge in [-0.15, -0.1) is 0 Å². The minimum absolute atomic E-state index is 0.122. The van der Waals surface area contributed by atoms with Gasteiger partial charge in [0, 0.05) is 36.1 Å². The first-order chi connectivity index (χ1) is 15.9. The molecule has 5 aliphatic rings. The summed E-state index contributed by atoms with van der Waals surface area (Å²) < 4.78 is 0. The molecule has 1 saturated heterocycles. The summed E-state index contributed by atoms with van der Waals surface area (Å²) in [5.74, 6) is -0.410. The first kappa shape index (κ1) is 21.6. The molecule has 1 fully saturated rings. The number of rotatable bonds is 0. The lowest BCUT2D eigenvalue weighted by Crippen LogP contribution is -2.46. The highest BCUT2D eigenvalue weighted by Gasteiger charge is 2.40. The van der Waals surface area contributed by atoms with E-state index in [1.165, 1.54) is 4.90 Å². The number of Topliss-reactive ketones (excluding diaryl/α,β-unsaturated/α-hetero) is 1. The van der Waals surface area contributed by atoms with Gasteiger partial charge in [0.15, 0.2) is 5.78 Å². The van der Waals surface area contributed by atoms with Gasteiger partial charge in [0.05, 0.1) is 6.10 Å². The number of amides is 2. The monoisotopic (exact) mass is 444 g/mol. The quantitative estimate of drug-likeness (QED) is 0.610. The molecule has 0 saturated carbocycles. The Labute approximate surface area is 193 Å². The van der Waals surface area contributed by atoms with Gasteiger partial charge < -0.3 is 15.3 Å². The number of aliphatic hydroxyl groups excluding tert-OH is 1. The molecule has 3 atom stereocenters. The van der Waals surface area contributed by atoms with E-state index in [0.717, 1.165) is 29.5 Å². The largest absolute Gasteiger partial charge is 0.391 e. The molecule has 0 spiro atoms. The molecule has 2 aromatic carbocycles. The van der Waals surface area contributed by atoms with Gasteiger partial charge in [0.2, 0.25) is 5.91 Å². The van der Waals surface area contributed by atoms with Crippen LogP contribution >= 0.6 is 0 Å². The van der Waals surface area contributed by atoms with E-state index in [4.69, 9.17) is 0 Å². The molecule has 0 aromatic heterocycles. The second-order valence-electron chi connectivity index (χ2n) is 9.66. The first-order valence-corrected chi connectivity index (χ1v) is 11.5. The number of aliphatic hydroxyl groups is 1. The Morgan fingerprint density at radius 3 is 2.39 bits per heavy atom. The van der Waals surface area contributed by atoms with Crippen molar-refractivity contribution in [1.29, 1.82) is 0 Å². The summed E-state index contributed by atoms with van der Waals surface area (Å²) in [6, 6.07) is 14.0. The smallest absolute Gasteiger partial charge is 0.255 e. The summed E-state index contributed by atoms with van der Waals surface area (Å²) in [5, 5.41) is 13.2. The molecule has 4 aliphatic heterocycles. The minimum atomic E-state index is -0.734. The maximum Gasteiger partial charge on any atom is 0.255 e. The summed E-state index contributed by atoms with van der Waals surface area (Å²) in [7, 11) is 0. The van der Waals surface area contributed by atoms with Crippen LogP contribution in [0.25, 0.3) is 11.1 Å². The lowest BCUT2D eigenvalue weighted by atomic mass is 9.71. The van der Waals surface area contributed by atoms with Crippen molar-refractivity contribution < 1.29 is 19.5 Å². The zero-order valence-corrected chi connectivity index (χ0v) is 18.7. The highest BCUT2D eigenvalue weighted by Crippen LogP contribution is 2.38. The van der Waals surface area contributed by atoms with Crippen molar-refractivity contribution in [3.63, 3.8) is 0 Å². The molecule has 170 valence electrons. The molecule has 2 aromatic rings. The van der Waals surface area contributed by atoms with Crippen molar-refractivity contribution in [3.8, 4) is 11.1 Å². The Morgan fingerprint density at radius 2 is 1.70 bits per heavy atom. The Morgan fingerprint density at radius 1 is 1.00 bits per heavy atom. The third-order valence-electron chi connectivity index (χ3n) is 7.34. The summed E-state index contributed by atoms with van der Waals surface area (Å²) in [6.07, 6.45) is 3.65. The van der Waals surface area contributed by atoms with Gasteiger partial charge in [-0.3, -0.25) is 14.4 Å². The zero-order chi connectivity index (χ0) is 23.2. The Hall–Kier alpha value is -3.25. The van der Waals surface area contributed by atoms with Gasteiger partial charge in [-0.05, 0) is 36.5 Å². The maximum atomic E-state index is 13.6. The average Bonchev–Trinajstić information content (AvgIpc) is 3.24. The number of allylic oxidation sites excluding steroid dienone is 1. The van der Waals surface area contributed by atoms with E-state index in [2.05, 4.69) is 11.4 Å². The second kappa shape index (κ2) is 8.27. The molecule has 6 nitrogen and oxygen atoms in total. The molecule has 6 heteroatoms. The maximum absolute atomic E-state index is 13.6. The number of hydrogen-bond donors (Lipinski definition) is 2.